The van der Waals surface area contributed by atoms with E-state index in [1.165, 1.54) is 0 Å². The van der Waals surface area contributed by atoms with Crippen LogP contribution in [0.4, 0.5) is 0 Å². The van der Waals surface area contributed by atoms with Crippen molar-refractivity contribution in [3.8, 4) is 5.75 Å². The summed E-state index contributed by atoms with van der Waals surface area (Å²) in [5, 5.41) is 3.19. The van der Waals surface area contributed by atoms with Crippen LogP contribution in [0.25, 0.3) is 0 Å². The summed E-state index contributed by atoms with van der Waals surface area (Å²) in [4.78, 5) is 14.8. The fourth-order valence-corrected chi connectivity index (χ4v) is 1.77. The van der Waals surface area contributed by atoms with Gasteiger partial charge in [0.15, 0.2) is 0 Å². The number of primary amides is 1. The summed E-state index contributed by atoms with van der Waals surface area (Å²) in [6.07, 6.45) is 1.80. The van der Waals surface area contributed by atoms with E-state index in [1.807, 2.05) is 13.8 Å². The van der Waals surface area contributed by atoms with Crippen molar-refractivity contribution in [1.82, 2.24) is 10.3 Å². The average molecular weight is 267 g/mol. The van der Waals surface area contributed by atoms with E-state index < -0.39 is 5.91 Å². The standard InChI is InChI=1S/C13H21N3O3/c1-9-6-16-11(10(2)13(9)18-3)7-15-4-5-19-8-12(14)17/h6,15H,4-5,7-8H2,1-3H3,(H2,14,17). The van der Waals surface area contributed by atoms with Gasteiger partial charge in [0, 0.05) is 30.4 Å². The van der Waals surface area contributed by atoms with Crippen LogP contribution in [-0.4, -0.2) is 37.8 Å². The maximum Gasteiger partial charge on any atom is 0.243 e. The fourth-order valence-electron chi connectivity index (χ4n) is 1.77. The molecular weight excluding hydrogens is 246 g/mol. The number of aryl methyl sites for hydroxylation is 1. The van der Waals surface area contributed by atoms with Crippen molar-refractivity contribution < 1.29 is 14.3 Å². The number of rotatable bonds is 8. The summed E-state index contributed by atoms with van der Waals surface area (Å²) in [6.45, 7) is 5.60. The molecule has 0 aromatic carbocycles. The Hall–Kier alpha value is -1.66. The predicted molar refractivity (Wildman–Crippen MR) is 72.0 cm³/mol. The molecule has 6 heteroatoms. The van der Waals surface area contributed by atoms with Crippen LogP contribution in [0.1, 0.15) is 16.8 Å². The molecule has 0 bridgehead atoms. The lowest BCUT2D eigenvalue weighted by molar-refractivity contribution is -0.122. The van der Waals surface area contributed by atoms with E-state index in [1.54, 1.807) is 13.3 Å². The molecule has 0 radical (unpaired) electrons. The van der Waals surface area contributed by atoms with Crippen molar-refractivity contribution >= 4 is 5.91 Å². The number of nitrogens with two attached hydrogens (primary N) is 1. The summed E-state index contributed by atoms with van der Waals surface area (Å²) in [7, 11) is 1.66. The van der Waals surface area contributed by atoms with E-state index in [-0.39, 0.29) is 6.61 Å². The highest BCUT2D eigenvalue weighted by atomic mass is 16.5. The Morgan fingerprint density at radius 1 is 1.47 bits per heavy atom. The highest BCUT2D eigenvalue weighted by Crippen LogP contribution is 2.23. The van der Waals surface area contributed by atoms with Gasteiger partial charge in [-0.25, -0.2) is 0 Å². The summed E-state index contributed by atoms with van der Waals surface area (Å²) in [5.41, 5.74) is 7.95. The minimum absolute atomic E-state index is 0.0443. The molecule has 0 aliphatic rings. The van der Waals surface area contributed by atoms with E-state index in [0.717, 1.165) is 22.6 Å². The predicted octanol–water partition coefficient (Wildman–Crippen LogP) is 0.299. The van der Waals surface area contributed by atoms with Gasteiger partial charge in [-0.1, -0.05) is 0 Å². The smallest absolute Gasteiger partial charge is 0.243 e. The SMILES string of the molecule is COc1c(C)cnc(CNCCOCC(N)=O)c1C. The van der Waals surface area contributed by atoms with Gasteiger partial charge in [-0.05, 0) is 13.8 Å². The lowest BCUT2D eigenvalue weighted by Crippen LogP contribution is -2.24. The van der Waals surface area contributed by atoms with Gasteiger partial charge in [-0.2, -0.15) is 0 Å². The summed E-state index contributed by atoms with van der Waals surface area (Å²) in [6, 6.07) is 0. The Morgan fingerprint density at radius 3 is 2.84 bits per heavy atom. The summed E-state index contributed by atoms with van der Waals surface area (Å²) in [5.74, 6) is 0.414. The molecule has 0 aliphatic heterocycles. The number of nitrogens with zero attached hydrogens (tertiary/aromatic N) is 1. The highest BCUT2D eigenvalue weighted by Gasteiger charge is 2.08. The van der Waals surface area contributed by atoms with Crippen LogP contribution in [0.2, 0.25) is 0 Å². The molecule has 1 rings (SSSR count). The molecular formula is C13H21N3O3. The first-order valence-corrected chi connectivity index (χ1v) is 6.12. The van der Waals surface area contributed by atoms with Crippen molar-refractivity contribution in [2.24, 2.45) is 5.73 Å². The van der Waals surface area contributed by atoms with E-state index in [0.29, 0.717) is 19.7 Å². The molecule has 0 spiro atoms. The number of aromatic nitrogens is 1. The van der Waals surface area contributed by atoms with Crippen LogP contribution in [0.15, 0.2) is 6.20 Å². The largest absolute Gasteiger partial charge is 0.496 e. The van der Waals surface area contributed by atoms with Gasteiger partial charge in [0.2, 0.25) is 5.91 Å². The van der Waals surface area contributed by atoms with Gasteiger partial charge in [-0.3, -0.25) is 9.78 Å². The molecule has 106 valence electrons. The zero-order chi connectivity index (χ0) is 14.3. The number of hydrogen-bond donors (Lipinski definition) is 2. The van der Waals surface area contributed by atoms with E-state index in [9.17, 15) is 4.79 Å². The topological polar surface area (TPSA) is 86.5 Å². The quantitative estimate of drug-likeness (QED) is 0.661. The maximum atomic E-state index is 10.5. The average Bonchev–Trinajstić information content (AvgIpc) is 2.36. The molecule has 1 heterocycles. The lowest BCUT2D eigenvalue weighted by atomic mass is 10.1. The number of pyridine rings is 1. The normalized spacial score (nSPS) is 10.5. The van der Waals surface area contributed by atoms with Crippen LogP contribution >= 0.6 is 0 Å². The van der Waals surface area contributed by atoms with E-state index >= 15 is 0 Å². The zero-order valence-electron chi connectivity index (χ0n) is 11.7. The van der Waals surface area contributed by atoms with Crippen LogP contribution < -0.4 is 15.8 Å². The Kier molecular flexibility index (Phi) is 6.24. The summed E-state index contributed by atoms with van der Waals surface area (Å²) < 4.78 is 10.4. The number of carbonyl (C=O) groups excluding carboxylic acids is 1. The van der Waals surface area contributed by atoms with Crippen LogP contribution in [-0.2, 0) is 16.1 Å². The van der Waals surface area contributed by atoms with Gasteiger partial charge in [0.25, 0.3) is 0 Å². The Bertz CT molecular complexity index is 435. The van der Waals surface area contributed by atoms with Crippen molar-refractivity contribution in [3.05, 3.63) is 23.0 Å². The Balaban J connectivity index is 2.39. The molecule has 3 N–H and O–H groups in total. The van der Waals surface area contributed by atoms with Crippen molar-refractivity contribution in [2.45, 2.75) is 20.4 Å². The van der Waals surface area contributed by atoms with Gasteiger partial charge < -0.3 is 20.5 Å². The minimum atomic E-state index is -0.458. The summed E-state index contributed by atoms with van der Waals surface area (Å²) >= 11 is 0. The molecule has 19 heavy (non-hydrogen) atoms. The van der Waals surface area contributed by atoms with Gasteiger partial charge in [0.1, 0.15) is 12.4 Å². The number of hydrogen-bond acceptors (Lipinski definition) is 5. The first kappa shape index (κ1) is 15.4. The Labute approximate surface area is 113 Å². The van der Waals surface area contributed by atoms with Gasteiger partial charge >= 0.3 is 0 Å². The lowest BCUT2D eigenvalue weighted by Gasteiger charge is -2.12. The third kappa shape index (κ3) is 4.84. The monoisotopic (exact) mass is 267 g/mol. The van der Waals surface area contributed by atoms with Crippen molar-refractivity contribution in [2.75, 3.05) is 26.9 Å². The third-order valence-electron chi connectivity index (χ3n) is 2.71. The second-order valence-corrected chi connectivity index (χ2v) is 4.24. The second kappa shape index (κ2) is 7.70. The molecule has 0 saturated heterocycles. The first-order valence-electron chi connectivity index (χ1n) is 6.12. The Morgan fingerprint density at radius 2 is 2.21 bits per heavy atom. The molecule has 0 aliphatic carbocycles. The van der Waals surface area contributed by atoms with E-state index in [4.69, 9.17) is 15.2 Å². The van der Waals surface area contributed by atoms with Crippen LogP contribution in [0, 0.1) is 13.8 Å². The molecule has 1 aromatic rings. The van der Waals surface area contributed by atoms with Crippen LogP contribution in [0.5, 0.6) is 5.75 Å². The fraction of sp³-hybridized carbons (Fsp3) is 0.538. The van der Waals surface area contributed by atoms with E-state index in [2.05, 4.69) is 10.3 Å². The first-order chi connectivity index (χ1) is 9.06. The minimum Gasteiger partial charge on any atom is -0.496 e. The molecule has 0 atom stereocenters. The molecule has 6 nitrogen and oxygen atoms in total. The zero-order valence-corrected chi connectivity index (χ0v) is 11.7. The molecule has 1 aromatic heterocycles. The second-order valence-electron chi connectivity index (χ2n) is 4.24. The van der Waals surface area contributed by atoms with Crippen LogP contribution in [0.3, 0.4) is 0 Å². The molecule has 0 saturated carbocycles. The van der Waals surface area contributed by atoms with Crippen molar-refractivity contribution in [1.29, 1.82) is 0 Å². The number of methoxy groups -OCH3 is 1. The number of nitrogens with one attached hydrogen (secondary N) is 1. The number of carbonyl (C=O) groups is 1. The maximum absolute atomic E-state index is 10.5. The molecule has 0 unspecified atom stereocenters. The van der Waals surface area contributed by atoms with Gasteiger partial charge in [-0.15, -0.1) is 0 Å². The third-order valence-corrected chi connectivity index (χ3v) is 2.71. The number of ether oxygens (including phenoxy) is 2. The molecule has 0 fully saturated rings. The van der Waals surface area contributed by atoms with Crippen molar-refractivity contribution in [3.63, 3.8) is 0 Å². The molecule has 1 amide bonds. The number of amides is 1. The highest BCUT2D eigenvalue weighted by molar-refractivity contribution is 5.74. The van der Waals surface area contributed by atoms with Gasteiger partial charge in [0.05, 0.1) is 19.4 Å².